The number of halogens is 6. The summed E-state index contributed by atoms with van der Waals surface area (Å²) in [5, 5.41) is 0. The number of hydrogen-bond acceptors (Lipinski definition) is 0. The van der Waals surface area contributed by atoms with Crippen LogP contribution in [0.4, 0.5) is 26.3 Å². The lowest BCUT2D eigenvalue weighted by atomic mass is 9.76. The molecule has 0 unspecified atom stereocenters. The molecule has 0 saturated carbocycles. The van der Waals surface area contributed by atoms with Crippen molar-refractivity contribution in [1.29, 1.82) is 0 Å². The van der Waals surface area contributed by atoms with Crippen LogP contribution in [-0.2, 0) is 5.41 Å². The van der Waals surface area contributed by atoms with Gasteiger partial charge in [-0.2, -0.15) is 26.3 Å². The van der Waals surface area contributed by atoms with E-state index in [-0.39, 0.29) is 11.1 Å². The number of benzene rings is 2. The predicted molar refractivity (Wildman–Crippen MR) is 64.8 cm³/mol. The number of alkyl halides is 6. The fourth-order valence-corrected chi connectivity index (χ4v) is 3.01. The molecule has 0 amide bonds. The highest BCUT2D eigenvalue weighted by atomic mass is 19.4. The van der Waals surface area contributed by atoms with Gasteiger partial charge in [0, 0.05) is 0 Å². The van der Waals surface area contributed by atoms with Crippen molar-refractivity contribution in [1.82, 2.24) is 0 Å². The van der Waals surface area contributed by atoms with Gasteiger partial charge in [0.25, 0.3) is 0 Å². The number of fused-ring (bicyclic) bond motifs is 3. The van der Waals surface area contributed by atoms with E-state index in [1.54, 1.807) is 0 Å². The molecule has 0 radical (unpaired) electrons. The summed E-state index contributed by atoms with van der Waals surface area (Å²) in [6, 6.07) is 9.61. The van der Waals surface area contributed by atoms with Crippen molar-refractivity contribution >= 4 is 0 Å². The molecule has 110 valence electrons. The van der Waals surface area contributed by atoms with E-state index in [0.29, 0.717) is 0 Å². The van der Waals surface area contributed by atoms with Crippen molar-refractivity contribution in [3.8, 4) is 11.1 Å². The third kappa shape index (κ3) is 1.58. The van der Waals surface area contributed by atoms with Crippen molar-refractivity contribution in [2.75, 3.05) is 0 Å². The average Bonchev–Trinajstić information content (AvgIpc) is 2.69. The zero-order valence-electron chi connectivity index (χ0n) is 10.4. The first-order chi connectivity index (χ1) is 9.71. The highest BCUT2D eigenvalue weighted by Crippen LogP contribution is 2.63. The van der Waals surface area contributed by atoms with Gasteiger partial charge in [0.2, 0.25) is 5.41 Å². The lowest BCUT2D eigenvalue weighted by Crippen LogP contribution is -2.53. The molecule has 0 N–H and O–H groups in total. The summed E-state index contributed by atoms with van der Waals surface area (Å²) in [4.78, 5) is 0. The summed E-state index contributed by atoms with van der Waals surface area (Å²) < 4.78 is 81.3. The Balaban J connectivity index is 2.51. The van der Waals surface area contributed by atoms with Gasteiger partial charge in [-0.05, 0) is 22.3 Å². The van der Waals surface area contributed by atoms with E-state index in [0.717, 1.165) is 12.1 Å². The van der Waals surface area contributed by atoms with Crippen molar-refractivity contribution in [3.05, 3.63) is 59.7 Å². The number of rotatable bonds is 0. The fraction of sp³-hybridized carbons (Fsp3) is 0.200. The first-order valence-electron chi connectivity index (χ1n) is 6.04. The molecule has 0 bridgehead atoms. The van der Waals surface area contributed by atoms with Gasteiger partial charge >= 0.3 is 12.4 Å². The second kappa shape index (κ2) is 4.02. The smallest absolute Gasteiger partial charge is 0.169 e. The minimum absolute atomic E-state index is 0.0252. The second-order valence-corrected chi connectivity index (χ2v) is 4.84. The van der Waals surface area contributed by atoms with Crippen LogP contribution in [0.15, 0.2) is 48.5 Å². The molecule has 0 aliphatic heterocycles. The molecular weight excluding hydrogens is 294 g/mol. The third-order valence-electron chi connectivity index (χ3n) is 3.80. The normalized spacial score (nSPS) is 16.5. The zero-order valence-corrected chi connectivity index (χ0v) is 10.4. The quantitative estimate of drug-likeness (QED) is 0.595. The largest absolute Gasteiger partial charge is 0.411 e. The predicted octanol–water partition coefficient (Wildman–Crippen LogP) is 5.08. The van der Waals surface area contributed by atoms with Crippen LogP contribution >= 0.6 is 0 Å². The van der Waals surface area contributed by atoms with E-state index >= 15 is 0 Å². The summed E-state index contributed by atoms with van der Waals surface area (Å²) in [6.45, 7) is 0. The van der Waals surface area contributed by atoms with E-state index in [1.165, 1.54) is 36.4 Å². The first kappa shape index (κ1) is 14.0. The Morgan fingerprint density at radius 3 is 1.24 bits per heavy atom. The molecular formula is C15H8F6. The van der Waals surface area contributed by atoms with E-state index < -0.39 is 28.9 Å². The van der Waals surface area contributed by atoms with Crippen LogP contribution in [0.5, 0.6) is 0 Å². The summed E-state index contributed by atoms with van der Waals surface area (Å²) >= 11 is 0. The minimum atomic E-state index is -5.48. The fourth-order valence-electron chi connectivity index (χ4n) is 3.01. The minimum Gasteiger partial charge on any atom is -0.169 e. The van der Waals surface area contributed by atoms with Crippen LogP contribution in [0.3, 0.4) is 0 Å². The Bertz CT molecular complexity index is 634. The van der Waals surface area contributed by atoms with Crippen LogP contribution in [0.1, 0.15) is 11.1 Å². The Kier molecular flexibility index (Phi) is 2.68. The molecule has 0 fully saturated rings. The summed E-state index contributed by atoms with van der Waals surface area (Å²) in [6.07, 6.45) is -11.0. The molecule has 6 heteroatoms. The summed E-state index contributed by atoms with van der Waals surface area (Å²) in [5.74, 6) is 0. The molecule has 0 atom stereocenters. The van der Waals surface area contributed by atoms with Crippen molar-refractivity contribution in [3.63, 3.8) is 0 Å². The molecule has 2 aromatic carbocycles. The van der Waals surface area contributed by atoms with E-state index in [9.17, 15) is 26.3 Å². The Morgan fingerprint density at radius 2 is 0.905 bits per heavy atom. The van der Waals surface area contributed by atoms with Gasteiger partial charge in [-0.15, -0.1) is 0 Å². The molecule has 0 spiro atoms. The average molecular weight is 302 g/mol. The maximum Gasteiger partial charge on any atom is 0.411 e. The Morgan fingerprint density at radius 1 is 0.571 bits per heavy atom. The van der Waals surface area contributed by atoms with Gasteiger partial charge < -0.3 is 0 Å². The summed E-state index contributed by atoms with van der Waals surface area (Å²) in [5.41, 5.74) is -5.53. The topological polar surface area (TPSA) is 0 Å². The maximum absolute atomic E-state index is 13.5. The van der Waals surface area contributed by atoms with Gasteiger partial charge in [0.15, 0.2) is 0 Å². The molecule has 1 aliphatic rings. The Labute approximate surface area is 116 Å². The lowest BCUT2D eigenvalue weighted by molar-refractivity contribution is -0.287. The molecule has 0 saturated heterocycles. The third-order valence-corrected chi connectivity index (χ3v) is 3.80. The molecule has 3 rings (SSSR count). The van der Waals surface area contributed by atoms with Crippen LogP contribution in [0.25, 0.3) is 11.1 Å². The van der Waals surface area contributed by atoms with Crippen molar-refractivity contribution in [2.45, 2.75) is 17.8 Å². The molecule has 2 aromatic rings. The van der Waals surface area contributed by atoms with Gasteiger partial charge in [-0.25, -0.2) is 0 Å². The van der Waals surface area contributed by atoms with Crippen LogP contribution < -0.4 is 0 Å². The first-order valence-corrected chi connectivity index (χ1v) is 6.04. The molecule has 21 heavy (non-hydrogen) atoms. The van der Waals surface area contributed by atoms with Crippen molar-refractivity contribution in [2.24, 2.45) is 0 Å². The van der Waals surface area contributed by atoms with E-state index in [2.05, 4.69) is 0 Å². The second-order valence-electron chi connectivity index (χ2n) is 4.84. The van der Waals surface area contributed by atoms with Crippen LogP contribution in [-0.4, -0.2) is 12.4 Å². The molecule has 0 aromatic heterocycles. The highest BCUT2D eigenvalue weighted by Gasteiger charge is 2.75. The lowest BCUT2D eigenvalue weighted by Gasteiger charge is -2.35. The SMILES string of the molecule is FC(F)(F)C1(C(F)(F)F)c2ccccc2-c2ccccc21. The standard InChI is InChI=1S/C15H8F6/c16-14(17,18)13(15(19,20)21)11-7-3-1-5-9(11)10-6-2-4-8-12(10)13/h1-8H. The maximum atomic E-state index is 13.5. The summed E-state index contributed by atoms with van der Waals surface area (Å²) in [7, 11) is 0. The number of hydrogen-bond donors (Lipinski definition) is 0. The zero-order chi connectivity index (χ0) is 15.5. The van der Waals surface area contributed by atoms with E-state index in [1.807, 2.05) is 0 Å². The highest BCUT2D eigenvalue weighted by molar-refractivity contribution is 5.82. The van der Waals surface area contributed by atoms with E-state index in [4.69, 9.17) is 0 Å². The van der Waals surface area contributed by atoms with Crippen LogP contribution in [0, 0.1) is 0 Å². The van der Waals surface area contributed by atoms with Gasteiger partial charge in [0.1, 0.15) is 0 Å². The molecule has 0 heterocycles. The molecule has 1 aliphatic carbocycles. The van der Waals surface area contributed by atoms with Crippen molar-refractivity contribution < 1.29 is 26.3 Å². The van der Waals surface area contributed by atoms with Gasteiger partial charge in [0.05, 0.1) is 0 Å². The Hall–Kier alpha value is -1.98. The molecule has 0 nitrogen and oxygen atoms in total. The van der Waals surface area contributed by atoms with Gasteiger partial charge in [-0.1, -0.05) is 48.5 Å². The monoisotopic (exact) mass is 302 g/mol. The van der Waals surface area contributed by atoms with Gasteiger partial charge in [-0.3, -0.25) is 0 Å². The van der Waals surface area contributed by atoms with Crippen LogP contribution in [0.2, 0.25) is 0 Å².